The van der Waals surface area contributed by atoms with Crippen LogP contribution in [0.5, 0.6) is 0 Å². The van der Waals surface area contributed by atoms with Crippen LogP contribution < -0.4 is 5.32 Å². The zero-order valence-corrected chi connectivity index (χ0v) is 14.2. The molecule has 0 bridgehead atoms. The summed E-state index contributed by atoms with van der Waals surface area (Å²) in [7, 11) is 0. The average molecular weight is 321 g/mol. The fraction of sp³-hybridized carbons (Fsp3) is 0.222. The lowest BCUT2D eigenvalue weighted by atomic mass is 10.1. The molecule has 0 saturated carbocycles. The number of hydrogen-bond donors (Lipinski definition) is 1. The molecule has 1 N–H and O–H groups in total. The van der Waals surface area contributed by atoms with E-state index in [0.717, 1.165) is 22.5 Å². The Kier molecular flexibility index (Phi) is 4.12. The fourth-order valence-corrected chi connectivity index (χ4v) is 2.46. The molecule has 2 aromatic heterocycles. The Balaban J connectivity index is 1.85. The number of aryl methyl sites for hydroxylation is 4. The number of rotatable bonds is 3. The maximum Gasteiger partial charge on any atom is 0.256 e. The Labute approximate surface area is 140 Å². The van der Waals surface area contributed by atoms with E-state index in [1.54, 1.807) is 16.8 Å². The van der Waals surface area contributed by atoms with Gasteiger partial charge in [0.15, 0.2) is 5.82 Å². The Morgan fingerprint density at radius 3 is 2.46 bits per heavy atom. The molecule has 1 amide bonds. The summed E-state index contributed by atoms with van der Waals surface area (Å²) in [6.45, 7) is 7.88. The Bertz CT molecular complexity index is 914. The smallest absolute Gasteiger partial charge is 0.256 e. The second-order valence-electron chi connectivity index (χ2n) is 5.85. The molecule has 0 aliphatic rings. The zero-order valence-electron chi connectivity index (χ0n) is 14.2. The topological polar surface area (TPSA) is 72.7 Å². The van der Waals surface area contributed by atoms with Gasteiger partial charge in [0.1, 0.15) is 12.1 Å². The molecule has 6 heteroatoms. The molecule has 0 atom stereocenters. The van der Waals surface area contributed by atoms with Crippen LogP contribution in [0.2, 0.25) is 0 Å². The molecule has 3 aromatic rings. The normalized spacial score (nSPS) is 10.7. The highest BCUT2D eigenvalue weighted by molar-refractivity contribution is 6.04. The molecule has 3 rings (SSSR count). The van der Waals surface area contributed by atoms with E-state index in [1.807, 2.05) is 45.9 Å². The highest BCUT2D eigenvalue weighted by Gasteiger charge is 2.10. The van der Waals surface area contributed by atoms with E-state index < -0.39 is 0 Å². The summed E-state index contributed by atoms with van der Waals surface area (Å²) < 4.78 is 1.72. The molecule has 0 spiro atoms. The summed E-state index contributed by atoms with van der Waals surface area (Å²) in [6.07, 6.45) is 1.42. The number of anilines is 1. The molecule has 122 valence electrons. The van der Waals surface area contributed by atoms with Gasteiger partial charge in [-0.3, -0.25) is 4.79 Å². The third-order valence-corrected chi connectivity index (χ3v) is 3.89. The van der Waals surface area contributed by atoms with E-state index in [1.165, 1.54) is 6.33 Å². The lowest BCUT2D eigenvalue weighted by Gasteiger charge is -2.08. The van der Waals surface area contributed by atoms with Crippen molar-refractivity contribution >= 4 is 11.7 Å². The van der Waals surface area contributed by atoms with Gasteiger partial charge in [0.2, 0.25) is 0 Å². The van der Waals surface area contributed by atoms with Crippen molar-refractivity contribution < 1.29 is 4.79 Å². The van der Waals surface area contributed by atoms with Crippen molar-refractivity contribution in [3.05, 3.63) is 64.7 Å². The first kappa shape index (κ1) is 15.9. The van der Waals surface area contributed by atoms with Crippen molar-refractivity contribution in [1.82, 2.24) is 19.7 Å². The van der Waals surface area contributed by atoms with Gasteiger partial charge in [-0.25, -0.2) is 14.6 Å². The number of amides is 1. The third-order valence-electron chi connectivity index (χ3n) is 3.89. The van der Waals surface area contributed by atoms with Crippen LogP contribution in [0.3, 0.4) is 0 Å². The molecule has 24 heavy (non-hydrogen) atoms. The van der Waals surface area contributed by atoms with Crippen molar-refractivity contribution in [2.45, 2.75) is 27.7 Å². The summed E-state index contributed by atoms with van der Waals surface area (Å²) in [5, 5.41) is 7.20. The molecule has 0 unspecified atom stereocenters. The summed E-state index contributed by atoms with van der Waals surface area (Å²) in [6, 6.07) is 9.29. The summed E-state index contributed by atoms with van der Waals surface area (Å²) in [5.41, 5.74) is 4.71. The van der Waals surface area contributed by atoms with Crippen LogP contribution in [-0.4, -0.2) is 25.7 Å². The zero-order chi connectivity index (χ0) is 17.3. The molecule has 0 saturated heterocycles. The number of nitrogens with zero attached hydrogens (tertiary/aromatic N) is 4. The third kappa shape index (κ3) is 3.17. The van der Waals surface area contributed by atoms with E-state index in [9.17, 15) is 4.79 Å². The van der Waals surface area contributed by atoms with Gasteiger partial charge in [-0.05, 0) is 57.0 Å². The van der Waals surface area contributed by atoms with E-state index in [4.69, 9.17) is 0 Å². The van der Waals surface area contributed by atoms with Crippen LogP contribution in [0.25, 0.3) is 5.82 Å². The minimum atomic E-state index is -0.198. The highest BCUT2D eigenvalue weighted by Crippen LogP contribution is 2.14. The second-order valence-corrected chi connectivity index (χ2v) is 5.85. The van der Waals surface area contributed by atoms with E-state index in [2.05, 4.69) is 20.4 Å². The molecule has 2 heterocycles. The lowest BCUT2D eigenvalue weighted by Crippen LogP contribution is -2.14. The van der Waals surface area contributed by atoms with E-state index >= 15 is 0 Å². The standard InChI is InChI=1S/C18H19N5O/c1-11-5-6-15(7-12(11)2)18(24)21-16-9-17(20-10-19-16)23-14(4)8-13(3)22-23/h5-10H,1-4H3,(H,19,20,21,24). The number of nitrogens with one attached hydrogen (secondary N) is 1. The van der Waals surface area contributed by atoms with Crippen LogP contribution in [-0.2, 0) is 0 Å². The monoisotopic (exact) mass is 321 g/mol. The molecule has 0 aliphatic carbocycles. The van der Waals surface area contributed by atoms with E-state index in [-0.39, 0.29) is 5.91 Å². The van der Waals surface area contributed by atoms with Crippen molar-refractivity contribution in [3.8, 4) is 5.82 Å². The van der Waals surface area contributed by atoms with Crippen molar-refractivity contribution in [2.75, 3.05) is 5.32 Å². The van der Waals surface area contributed by atoms with Crippen molar-refractivity contribution in [3.63, 3.8) is 0 Å². The van der Waals surface area contributed by atoms with Gasteiger partial charge >= 0.3 is 0 Å². The summed E-state index contributed by atoms with van der Waals surface area (Å²) in [4.78, 5) is 20.8. The van der Waals surface area contributed by atoms with Crippen molar-refractivity contribution in [2.24, 2.45) is 0 Å². The number of carbonyl (C=O) groups is 1. The van der Waals surface area contributed by atoms with Gasteiger partial charge in [0, 0.05) is 17.3 Å². The van der Waals surface area contributed by atoms with Crippen LogP contribution in [0.15, 0.2) is 36.7 Å². The predicted molar refractivity (Wildman–Crippen MR) is 92.5 cm³/mol. The number of benzene rings is 1. The molecular weight excluding hydrogens is 302 g/mol. The number of hydrogen-bond acceptors (Lipinski definition) is 4. The van der Waals surface area contributed by atoms with Crippen LogP contribution in [0.1, 0.15) is 32.9 Å². The van der Waals surface area contributed by atoms with Gasteiger partial charge in [-0.1, -0.05) is 6.07 Å². The largest absolute Gasteiger partial charge is 0.306 e. The van der Waals surface area contributed by atoms with Gasteiger partial charge in [-0.15, -0.1) is 0 Å². The van der Waals surface area contributed by atoms with Gasteiger partial charge in [0.25, 0.3) is 5.91 Å². The summed E-state index contributed by atoms with van der Waals surface area (Å²) >= 11 is 0. The first-order chi connectivity index (χ1) is 11.4. The summed E-state index contributed by atoms with van der Waals surface area (Å²) in [5.74, 6) is 0.859. The molecular formula is C18H19N5O. The lowest BCUT2D eigenvalue weighted by molar-refractivity contribution is 0.102. The highest BCUT2D eigenvalue weighted by atomic mass is 16.1. The first-order valence-electron chi connectivity index (χ1n) is 7.68. The Morgan fingerprint density at radius 2 is 1.79 bits per heavy atom. The molecule has 0 fully saturated rings. The Morgan fingerprint density at radius 1 is 1.00 bits per heavy atom. The molecule has 0 radical (unpaired) electrons. The minimum Gasteiger partial charge on any atom is -0.306 e. The predicted octanol–water partition coefficient (Wildman–Crippen LogP) is 3.15. The van der Waals surface area contributed by atoms with Crippen LogP contribution >= 0.6 is 0 Å². The maximum absolute atomic E-state index is 12.4. The maximum atomic E-state index is 12.4. The number of carbonyl (C=O) groups excluding carboxylic acids is 1. The molecule has 6 nitrogen and oxygen atoms in total. The van der Waals surface area contributed by atoms with Crippen LogP contribution in [0.4, 0.5) is 5.82 Å². The van der Waals surface area contributed by atoms with E-state index in [0.29, 0.717) is 17.2 Å². The SMILES string of the molecule is Cc1cc(C)n(-c2cc(NC(=O)c3ccc(C)c(C)c3)ncn2)n1. The van der Waals surface area contributed by atoms with Crippen LogP contribution in [0, 0.1) is 27.7 Å². The number of aromatic nitrogens is 4. The quantitative estimate of drug-likeness (QED) is 0.804. The molecule has 0 aliphatic heterocycles. The fourth-order valence-electron chi connectivity index (χ4n) is 2.46. The van der Waals surface area contributed by atoms with Gasteiger partial charge in [0.05, 0.1) is 5.69 Å². The van der Waals surface area contributed by atoms with Gasteiger partial charge < -0.3 is 5.32 Å². The Hall–Kier alpha value is -3.02. The van der Waals surface area contributed by atoms with Gasteiger partial charge in [-0.2, -0.15) is 5.10 Å². The second kappa shape index (κ2) is 6.23. The van der Waals surface area contributed by atoms with Crippen molar-refractivity contribution in [1.29, 1.82) is 0 Å². The average Bonchev–Trinajstić information content (AvgIpc) is 2.89. The molecule has 1 aromatic carbocycles. The minimum absolute atomic E-state index is 0.198. The first-order valence-corrected chi connectivity index (χ1v) is 7.68.